The Labute approximate surface area is 112 Å². The minimum absolute atomic E-state index is 0.0632. The molecule has 1 aromatic heterocycles. The van der Waals surface area contributed by atoms with Crippen LogP contribution in [0.3, 0.4) is 0 Å². The summed E-state index contributed by atoms with van der Waals surface area (Å²) in [6, 6.07) is 0.109. The van der Waals surface area contributed by atoms with E-state index < -0.39 is 0 Å². The highest BCUT2D eigenvalue weighted by molar-refractivity contribution is 7.09. The van der Waals surface area contributed by atoms with Gasteiger partial charge >= 0.3 is 0 Å². The lowest BCUT2D eigenvalue weighted by atomic mass is 10.2. The molecule has 1 aliphatic carbocycles. The fourth-order valence-corrected chi connectivity index (χ4v) is 2.82. The van der Waals surface area contributed by atoms with E-state index in [0.29, 0.717) is 25.6 Å². The maximum absolute atomic E-state index is 11.8. The van der Waals surface area contributed by atoms with Crippen molar-refractivity contribution in [3.63, 3.8) is 0 Å². The molecular weight excluding hydrogens is 248 g/mol. The first-order valence-electron chi connectivity index (χ1n) is 6.50. The van der Waals surface area contributed by atoms with E-state index in [1.54, 1.807) is 11.3 Å². The molecule has 0 saturated heterocycles. The maximum atomic E-state index is 11.8. The molecule has 1 fully saturated rings. The van der Waals surface area contributed by atoms with Gasteiger partial charge in [-0.1, -0.05) is 0 Å². The molecule has 0 aromatic carbocycles. The number of nitrogens with zero attached hydrogens (tertiary/aromatic N) is 1. The Kier molecular flexibility index (Phi) is 4.72. The van der Waals surface area contributed by atoms with E-state index in [0.717, 1.165) is 10.7 Å². The minimum atomic E-state index is 0.0632. The standard InChI is InChI=1S/C13H20N2O2S/c1-3-17-7-6-11(16)15-12(10-4-5-10)13-14-9(2)8-18-13/h8,10,12H,3-7H2,1-2H3,(H,15,16)/t12-/m1/s1. The van der Waals surface area contributed by atoms with Crippen LogP contribution in [0.1, 0.15) is 42.9 Å². The molecule has 0 spiro atoms. The van der Waals surface area contributed by atoms with Gasteiger partial charge in [0.2, 0.25) is 5.91 Å². The summed E-state index contributed by atoms with van der Waals surface area (Å²) in [5.41, 5.74) is 1.03. The van der Waals surface area contributed by atoms with Gasteiger partial charge in [-0.3, -0.25) is 4.79 Å². The van der Waals surface area contributed by atoms with Crippen LogP contribution in [0, 0.1) is 12.8 Å². The summed E-state index contributed by atoms with van der Waals surface area (Å²) >= 11 is 1.64. The van der Waals surface area contributed by atoms with Gasteiger partial charge in [-0.05, 0) is 32.6 Å². The van der Waals surface area contributed by atoms with Gasteiger partial charge in [-0.2, -0.15) is 0 Å². The lowest BCUT2D eigenvalue weighted by molar-refractivity contribution is -0.123. The Morgan fingerprint density at radius 1 is 1.67 bits per heavy atom. The summed E-state index contributed by atoms with van der Waals surface area (Å²) in [6.07, 6.45) is 2.81. The van der Waals surface area contributed by atoms with E-state index >= 15 is 0 Å². The Morgan fingerprint density at radius 2 is 2.44 bits per heavy atom. The quantitative estimate of drug-likeness (QED) is 0.773. The molecule has 1 saturated carbocycles. The SMILES string of the molecule is CCOCCC(=O)N[C@@H](c1nc(C)cs1)C1CC1. The molecule has 1 aromatic rings. The highest BCUT2D eigenvalue weighted by Gasteiger charge is 2.35. The molecule has 1 N–H and O–H groups in total. The van der Waals surface area contributed by atoms with Crippen molar-refractivity contribution in [2.45, 2.75) is 39.2 Å². The number of carbonyl (C=O) groups excluding carboxylic acids is 1. The third-order valence-electron chi connectivity index (χ3n) is 2.99. The van der Waals surface area contributed by atoms with E-state index in [2.05, 4.69) is 10.3 Å². The molecule has 1 atom stereocenters. The molecule has 5 heteroatoms. The third kappa shape index (κ3) is 3.78. The molecule has 0 bridgehead atoms. The van der Waals surface area contributed by atoms with E-state index in [4.69, 9.17) is 4.74 Å². The van der Waals surface area contributed by atoms with Crippen molar-refractivity contribution in [1.82, 2.24) is 10.3 Å². The van der Waals surface area contributed by atoms with Gasteiger partial charge in [0.1, 0.15) is 5.01 Å². The number of aryl methyl sites for hydroxylation is 1. The van der Waals surface area contributed by atoms with Gasteiger partial charge in [0, 0.05) is 24.1 Å². The average Bonchev–Trinajstić information content (AvgIpc) is 3.09. The molecule has 1 heterocycles. The van der Waals surface area contributed by atoms with Crippen LogP contribution in [0.2, 0.25) is 0 Å². The topological polar surface area (TPSA) is 51.2 Å². The lowest BCUT2D eigenvalue weighted by Crippen LogP contribution is -2.30. The average molecular weight is 268 g/mol. The fraction of sp³-hybridized carbons (Fsp3) is 0.692. The molecule has 0 unspecified atom stereocenters. The highest BCUT2D eigenvalue weighted by atomic mass is 32.1. The van der Waals surface area contributed by atoms with E-state index in [9.17, 15) is 4.79 Å². The van der Waals surface area contributed by atoms with Gasteiger partial charge in [0.15, 0.2) is 0 Å². The zero-order valence-electron chi connectivity index (χ0n) is 10.9. The fourth-order valence-electron chi connectivity index (χ4n) is 1.88. The van der Waals surface area contributed by atoms with Crippen LogP contribution < -0.4 is 5.32 Å². The van der Waals surface area contributed by atoms with Gasteiger partial charge in [-0.15, -0.1) is 11.3 Å². The Bertz CT molecular complexity index is 401. The number of hydrogen-bond acceptors (Lipinski definition) is 4. The first-order valence-corrected chi connectivity index (χ1v) is 7.37. The summed E-state index contributed by atoms with van der Waals surface area (Å²) in [7, 11) is 0. The Balaban J connectivity index is 1.89. The summed E-state index contributed by atoms with van der Waals surface area (Å²) in [4.78, 5) is 16.3. The molecule has 1 aliphatic rings. The van der Waals surface area contributed by atoms with Crippen molar-refractivity contribution >= 4 is 17.2 Å². The monoisotopic (exact) mass is 268 g/mol. The number of aromatic nitrogens is 1. The second kappa shape index (κ2) is 6.29. The molecule has 2 rings (SSSR count). The van der Waals surface area contributed by atoms with E-state index in [1.165, 1.54) is 12.8 Å². The maximum Gasteiger partial charge on any atom is 0.222 e. The van der Waals surface area contributed by atoms with Gasteiger partial charge < -0.3 is 10.1 Å². The molecule has 0 aliphatic heterocycles. The van der Waals surface area contributed by atoms with Crippen LogP contribution >= 0.6 is 11.3 Å². The predicted octanol–water partition coefficient (Wildman–Crippen LogP) is 2.45. The number of nitrogens with one attached hydrogen (secondary N) is 1. The first-order chi connectivity index (χ1) is 8.70. The molecule has 1 amide bonds. The van der Waals surface area contributed by atoms with Crippen LogP contribution in [0.15, 0.2) is 5.38 Å². The zero-order chi connectivity index (χ0) is 13.0. The summed E-state index contributed by atoms with van der Waals surface area (Å²) in [5, 5.41) is 6.18. The number of amides is 1. The van der Waals surface area contributed by atoms with Crippen molar-refractivity contribution in [3.8, 4) is 0 Å². The van der Waals surface area contributed by atoms with Crippen LogP contribution in [-0.2, 0) is 9.53 Å². The molecule has 4 nitrogen and oxygen atoms in total. The van der Waals surface area contributed by atoms with Gasteiger partial charge in [0.25, 0.3) is 0 Å². The third-order valence-corrected chi connectivity index (χ3v) is 4.04. The largest absolute Gasteiger partial charge is 0.381 e. The number of hydrogen-bond donors (Lipinski definition) is 1. The van der Waals surface area contributed by atoms with Gasteiger partial charge in [0.05, 0.1) is 12.6 Å². The summed E-state index contributed by atoms with van der Waals surface area (Å²) in [6.45, 7) is 5.08. The molecule has 18 heavy (non-hydrogen) atoms. The number of carbonyl (C=O) groups is 1. The summed E-state index contributed by atoms with van der Waals surface area (Å²) in [5.74, 6) is 0.639. The van der Waals surface area contributed by atoms with Crippen molar-refractivity contribution in [3.05, 3.63) is 16.1 Å². The number of rotatable bonds is 7. The van der Waals surface area contributed by atoms with Crippen molar-refractivity contribution < 1.29 is 9.53 Å². The number of thiazole rings is 1. The lowest BCUT2D eigenvalue weighted by Gasteiger charge is -2.15. The van der Waals surface area contributed by atoms with Crippen LogP contribution in [0.5, 0.6) is 0 Å². The second-order valence-electron chi connectivity index (χ2n) is 4.66. The highest BCUT2D eigenvalue weighted by Crippen LogP contribution is 2.41. The molecule has 100 valence electrons. The zero-order valence-corrected chi connectivity index (χ0v) is 11.8. The second-order valence-corrected chi connectivity index (χ2v) is 5.55. The van der Waals surface area contributed by atoms with Crippen LogP contribution in [0.4, 0.5) is 0 Å². The molecule has 0 radical (unpaired) electrons. The van der Waals surface area contributed by atoms with Crippen LogP contribution in [-0.4, -0.2) is 24.1 Å². The van der Waals surface area contributed by atoms with E-state index in [-0.39, 0.29) is 11.9 Å². The van der Waals surface area contributed by atoms with E-state index in [1.807, 2.05) is 19.2 Å². The summed E-state index contributed by atoms with van der Waals surface area (Å²) < 4.78 is 5.20. The van der Waals surface area contributed by atoms with Crippen molar-refractivity contribution in [1.29, 1.82) is 0 Å². The Hall–Kier alpha value is -0.940. The minimum Gasteiger partial charge on any atom is -0.381 e. The van der Waals surface area contributed by atoms with Gasteiger partial charge in [-0.25, -0.2) is 4.98 Å². The predicted molar refractivity (Wildman–Crippen MR) is 71.6 cm³/mol. The first kappa shape index (κ1) is 13.5. The van der Waals surface area contributed by atoms with Crippen LogP contribution in [0.25, 0.3) is 0 Å². The van der Waals surface area contributed by atoms with Crippen molar-refractivity contribution in [2.75, 3.05) is 13.2 Å². The number of ether oxygens (including phenoxy) is 1. The normalized spacial score (nSPS) is 16.6. The molecular formula is C13H20N2O2S. The smallest absolute Gasteiger partial charge is 0.222 e. The van der Waals surface area contributed by atoms with Crippen molar-refractivity contribution in [2.24, 2.45) is 5.92 Å². The Morgan fingerprint density at radius 3 is 3.00 bits per heavy atom.